The molecule has 1 atom stereocenters. The first-order valence-corrected chi connectivity index (χ1v) is 10.3. The third kappa shape index (κ3) is 6.79. The number of aromatic nitrogens is 4. The number of aryl methyl sites for hydroxylation is 1. The van der Waals surface area contributed by atoms with Gasteiger partial charge in [0.1, 0.15) is 5.82 Å². The van der Waals surface area contributed by atoms with Crippen LogP contribution in [0.1, 0.15) is 35.5 Å². The zero-order valence-corrected chi connectivity index (χ0v) is 17.9. The Balaban J connectivity index is 0.000000176. The summed E-state index contributed by atoms with van der Waals surface area (Å²) in [5.74, 6) is -0.257. The summed E-state index contributed by atoms with van der Waals surface area (Å²) < 4.78 is 12.9. The third-order valence-electron chi connectivity index (χ3n) is 4.94. The summed E-state index contributed by atoms with van der Waals surface area (Å²) in [6.45, 7) is 6.15. The van der Waals surface area contributed by atoms with Gasteiger partial charge in [-0.3, -0.25) is 0 Å². The van der Waals surface area contributed by atoms with E-state index in [0.717, 1.165) is 30.0 Å². The van der Waals surface area contributed by atoms with Crippen molar-refractivity contribution >= 4 is 5.69 Å². The van der Waals surface area contributed by atoms with E-state index in [-0.39, 0.29) is 11.9 Å². The van der Waals surface area contributed by atoms with E-state index < -0.39 is 0 Å². The molecule has 0 radical (unpaired) electrons. The number of hydrogen-bond donors (Lipinski definition) is 3. The minimum atomic E-state index is -0.257. The van der Waals surface area contributed by atoms with Gasteiger partial charge in [0.15, 0.2) is 0 Å². The van der Waals surface area contributed by atoms with Gasteiger partial charge in [0, 0.05) is 42.8 Å². The molecule has 1 unspecified atom stereocenters. The Morgan fingerprint density at radius 2 is 1.71 bits per heavy atom. The summed E-state index contributed by atoms with van der Waals surface area (Å²) in [6.07, 6.45) is 7.55. The Hall–Kier alpha value is -3.45. The fourth-order valence-electron chi connectivity index (χ4n) is 3.28. The number of nitrogens with one attached hydrogen (secondary N) is 2. The Morgan fingerprint density at radius 1 is 1.00 bits per heavy atom. The first kappa shape index (κ1) is 22.2. The molecule has 7 heteroatoms. The fourth-order valence-corrected chi connectivity index (χ4v) is 3.28. The van der Waals surface area contributed by atoms with Gasteiger partial charge in [-0.1, -0.05) is 24.3 Å². The van der Waals surface area contributed by atoms with E-state index in [1.807, 2.05) is 12.3 Å². The molecule has 0 bridgehead atoms. The van der Waals surface area contributed by atoms with Crippen molar-refractivity contribution in [1.82, 2.24) is 19.9 Å². The van der Waals surface area contributed by atoms with Crippen LogP contribution >= 0.6 is 0 Å². The van der Waals surface area contributed by atoms with Gasteiger partial charge >= 0.3 is 0 Å². The van der Waals surface area contributed by atoms with Crippen LogP contribution in [0.25, 0.3) is 0 Å². The molecule has 6 nitrogen and oxygen atoms in total. The average molecular weight is 421 g/mol. The number of halogens is 1. The van der Waals surface area contributed by atoms with Crippen LogP contribution in [0.5, 0.6) is 0 Å². The van der Waals surface area contributed by atoms with Crippen LogP contribution in [-0.2, 0) is 13.0 Å². The summed E-state index contributed by atoms with van der Waals surface area (Å²) in [5.41, 5.74) is 11.4. The van der Waals surface area contributed by atoms with E-state index in [0.29, 0.717) is 6.42 Å². The minimum absolute atomic E-state index is 0.207. The lowest BCUT2D eigenvalue weighted by molar-refractivity contribution is 0.618. The van der Waals surface area contributed by atoms with Crippen molar-refractivity contribution in [2.24, 2.45) is 5.73 Å². The second-order valence-corrected chi connectivity index (χ2v) is 7.37. The number of hydrogen-bond acceptors (Lipinski definition) is 4. The molecule has 0 fully saturated rings. The van der Waals surface area contributed by atoms with Crippen molar-refractivity contribution in [2.75, 3.05) is 11.4 Å². The smallest absolute Gasteiger partial charge is 0.123 e. The van der Waals surface area contributed by atoms with Crippen LogP contribution in [0.15, 0.2) is 73.6 Å². The normalized spacial score (nSPS) is 11.5. The second kappa shape index (κ2) is 11.1. The number of nitrogens with two attached hydrogens (primary N) is 1. The van der Waals surface area contributed by atoms with Gasteiger partial charge in [-0.2, -0.15) is 0 Å². The highest BCUT2D eigenvalue weighted by Crippen LogP contribution is 2.17. The van der Waals surface area contributed by atoms with Crippen molar-refractivity contribution in [3.63, 3.8) is 0 Å². The van der Waals surface area contributed by atoms with Crippen molar-refractivity contribution in [3.8, 4) is 0 Å². The molecule has 0 aliphatic heterocycles. The van der Waals surface area contributed by atoms with E-state index in [9.17, 15) is 4.39 Å². The molecule has 0 saturated heterocycles. The summed E-state index contributed by atoms with van der Waals surface area (Å²) in [4.78, 5) is 16.4. The number of nitrogens with zero attached hydrogens (tertiary/aromatic N) is 3. The molecular formula is C24H29FN6. The quantitative estimate of drug-likeness (QED) is 0.410. The van der Waals surface area contributed by atoms with Crippen LogP contribution in [0.2, 0.25) is 0 Å². The Morgan fingerprint density at radius 3 is 2.32 bits per heavy atom. The molecule has 0 amide bonds. The lowest BCUT2D eigenvalue weighted by Gasteiger charge is -2.22. The maximum Gasteiger partial charge on any atom is 0.123 e. The molecule has 0 aliphatic carbocycles. The number of imidazole rings is 2. The van der Waals surface area contributed by atoms with E-state index in [1.165, 1.54) is 23.4 Å². The molecular weight excluding hydrogens is 391 g/mol. The van der Waals surface area contributed by atoms with E-state index in [2.05, 4.69) is 62.9 Å². The van der Waals surface area contributed by atoms with Crippen LogP contribution < -0.4 is 10.6 Å². The van der Waals surface area contributed by atoms with Crippen LogP contribution in [0, 0.1) is 12.7 Å². The van der Waals surface area contributed by atoms with Crippen LogP contribution in [0.4, 0.5) is 10.1 Å². The number of anilines is 1. The Bertz CT molecular complexity index is 1030. The average Bonchev–Trinajstić information content (AvgIpc) is 3.47. The molecule has 2 aromatic carbocycles. The third-order valence-corrected chi connectivity index (χ3v) is 4.94. The second-order valence-electron chi connectivity index (χ2n) is 7.37. The monoisotopic (exact) mass is 420 g/mol. The van der Waals surface area contributed by atoms with Crippen molar-refractivity contribution in [2.45, 2.75) is 32.9 Å². The van der Waals surface area contributed by atoms with Crippen molar-refractivity contribution < 1.29 is 4.39 Å². The van der Waals surface area contributed by atoms with Gasteiger partial charge in [0.2, 0.25) is 0 Å². The van der Waals surface area contributed by atoms with Crippen LogP contribution in [-0.4, -0.2) is 26.5 Å². The van der Waals surface area contributed by atoms with Gasteiger partial charge in [0.25, 0.3) is 0 Å². The predicted molar refractivity (Wildman–Crippen MR) is 122 cm³/mol. The highest BCUT2D eigenvalue weighted by molar-refractivity contribution is 5.48. The highest BCUT2D eigenvalue weighted by Gasteiger charge is 2.08. The minimum Gasteiger partial charge on any atom is -0.366 e. The van der Waals surface area contributed by atoms with E-state index in [4.69, 9.17) is 5.73 Å². The predicted octanol–water partition coefficient (Wildman–Crippen LogP) is 4.54. The molecule has 0 aliphatic rings. The topological polar surface area (TPSA) is 86.6 Å². The Kier molecular flexibility index (Phi) is 7.95. The number of aromatic amines is 2. The number of H-pyrrole nitrogens is 2. The van der Waals surface area contributed by atoms with Crippen LogP contribution in [0.3, 0.4) is 0 Å². The zero-order chi connectivity index (χ0) is 22.1. The van der Waals surface area contributed by atoms with Crippen molar-refractivity contribution in [1.29, 1.82) is 0 Å². The molecule has 4 N–H and O–H groups in total. The van der Waals surface area contributed by atoms with Crippen molar-refractivity contribution in [3.05, 3.63) is 102 Å². The summed E-state index contributed by atoms with van der Waals surface area (Å²) in [6, 6.07) is 14.7. The molecule has 162 valence electrons. The largest absolute Gasteiger partial charge is 0.366 e. The molecule has 0 spiro atoms. The number of rotatable bonds is 7. The standard InChI is InChI=1S/C13H17N3.C11H12FN3/c1-3-16(9-12-8-14-10-15-12)13-6-4-5-11(2)7-13;12-9-3-1-2-8(4-9)11(13)5-10-6-14-7-15-10/h4-8,10H,3,9H2,1-2H3,(H,14,15);1-4,6-7,11H,5,13H2,(H,14,15). The molecule has 4 rings (SSSR count). The first-order valence-electron chi connectivity index (χ1n) is 10.3. The first-order chi connectivity index (χ1) is 15.0. The maximum absolute atomic E-state index is 12.9. The Labute approximate surface area is 182 Å². The molecule has 0 saturated carbocycles. The lowest BCUT2D eigenvalue weighted by atomic mass is 10.0. The lowest BCUT2D eigenvalue weighted by Crippen LogP contribution is -2.22. The van der Waals surface area contributed by atoms with Gasteiger partial charge in [-0.15, -0.1) is 0 Å². The summed E-state index contributed by atoms with van der Waals surface area (Å²) in [5, 5.41) is 0. The highest BCUT2D eigenvalue weighted by atomic mass is 19.1. The number of benzene rings is 2. The summed E-state index contributed by atoms with van der Waals surface area (Å²) in [7, 11) is 0. The van der Waals surface area contributed by atoms with Gasteiger partial charge in [-0.05, 0) is 49.2 Å². The fraction of sp³-hybridized carbons (Fsp3) is 0.250. The van der Waals surface area contributed by atoms with Gasteiger partial charge < -0.3 is 20.6 Å². The molecule has 2 aromatic heterocycles. The maximum atomic E-state index is 12.9. The molecule has 31 heavy (non-hydrogen) atoms. The summed E-state index contributed by atoms with van der Waals surface area (Å²) >= 11 is 0. The van der Waals surface area contributed by atoms with Gasteiger partial charge in [0.05, 0.1) is 24.9 Å². The zero-order valence-electron chi connectivity index (χ0n) is 17.9. The van der Waals surface area contributed by atoms with E-state index >= 15 is 0 Å². The van der Waals surface area contributed by atoms with E-state index in [1.54, 1.807) is 24.9 Å². The SMILES string of the molecule is CCN(Cc1cnc[nH]1)c1cccc(C)c1.NC(Cc1cnc[nH]1)c1cccc(F)c1. The molecule has 2 heterocycles. The molecule has 4 aromatic rings. The van der Waals surface area contributed by atoms with Gasteiger partial charge in [-0.25, -0.2) is 14.4 Å².